The molecule has 1 aliphatic rings. The number of carbonyl (C=O) groups is 2. The van der Waals surface area contributed by atoms with Gasteiger partial charge in [-0.2, -0.15) is 0 Å². The van der Waals surface area contributed by atoms with Gasteiger partial charge in [-0.25, -0.2) is 9.59 Å². The number of rotatable bonds is 16. The van der Waals surface area contributed by atoms with Crippen molar-refractivity contribution in [1.82, 2.24) is 0 Å². The van der Waals surface area contributed by atoms with Gasteiger partial charge in [0.05, 0.1) is 18.6 Å². The molecule has 2 unspecified atom stereocenters. The van der Waals surface area contributed by atoms with Gasteiger partial charge >= 0.3 is 11.9 Å². The van der Waals surface area contributed by atoms with E-state index in [1.165, 1.54) is 34.4 Å². The number of ether oxygens (including phenoxy) is 4. The van der Waals surface area contributed by atoms with Crippen LogP contribution in [-0.4, -0.2) is 37.4 Å². The van der Waals surface area contributed by atoms with Gasteiger partial charge < -0.3 is 18.9 Å². The summed E-state index contributed by atoms with van der Waals surface area (Å²) < 4.78 is 23.2. The minimum atomic E-state index is -0.571. The maximum Gasteiger partial charge on any atom is 0.330 e. The lowest BCUT2D eigenvalue weighted by atomic mass is 9.67. The maximum absolute atomic E-state index is 11.6. The minimum absolute atomic E-state index is 0.275. The van der Waals surface area contributed by atoms with E-state index in [1.807, 2.05) is 13.8 Å². The summed E-state index contributed by atoms with van der Waals surface area (Å²) in [7, 11) is 0. The van der Waals surface area contributed by atoms with Crippen LogP contribution in [0.1, 0.15) is 73.9 Å². The second-order valence-corrected chi connectivity index (χ2v) is 12.4. The fraction of sp³-hybridized carbons (Fsp3) is 0.302. The zero-order valence-electron chi connectivity index (χ0n) is 29.0. The van der Waals surface area contributed by atoms with E-state index in [1.54, 1.807) is 0 Å². The van der Waals surface area contributed by atoms with Crippen LogP contribution < -0.4 is 9.47 Å². The molecule has 2 atom stereocenters. The topological polar surface area (TPSA) is 71.1 Å². The van der Waals surface area contributed by atoms with E-state index in [4.69, 9.17) is 18.9 Å². The summed E-state index contributed by atoms with van der Waals surface area (Å²) in [6.45, 7) is 15.8. The highest BCUT2D eigenvalue weighted by Gasteiger charge is 2.46. The zero-order valence-corrected chi connectivity index (χ0v) is 29.0. The molecule has 0 radical (unpaired) electrons. The molecule has 5 rings (SSSR count). The lowest BCUT2D eigenvalue weighted by molar-refractivity contribution is -0.143. The normalized spacial score (nSPS) is 13.7. The third kappa shape index (κ3) is 7.34. The van der Waals surface area contributed by atoms with Crippen LogP contribution in [-0.2, 0) is 37.3 Å². The summed E-state index contributed by atoms with van der Waals surface area (Å²) in [5, 5.41) is 0. The smallest absolute Gasteiger partial charge is 0.330 e. The van der Waals surface area contributed by atoms with Crippen molar-refractivity contribution < 1.29 is 28.5 Å². The lowest BCUT2D eigenvalue weighted by Crippen LogP contribution is -2.29. The van der Waals surface area contributed by atoms with Crippen LogP contribution in [0.5, 0.6) is 11.5 Å². The molecular formula is C43H46O6. The molecule has 49 heavy (non-hydrogen) atoms. The monoisotopic (exact) mass is 658 g/mol. The number of fused-ring (bicyclic) bond motifs is 3. The molecule has 6 heteroatoms. The second kappa shape index (κ2) is 15.9. The molecule has 0 fully saturated rings. The Morgan fingerprint density at radius 3 is 1.45 bits per heavy atom. The van der Waals surface area contributed by atoms with Crippen LogP contribution in [0, 0.1) is 0 Å². The number of hydrogen-bond donors (Lipinski definition) is 0. The van der Waals surface area contributed by atoms with Crippen molar-refractivity contribution in [3.05, 3.63) is 144 Å². The van der Waals surface area contributed by atoms with Gasteiger partial charge in [0.25, 0.3) is 0 Å². The quantitative estimate of drug-likeness (QED) is 0.0779. The molecule has 254 valence electrons. The van der Waals surface area contributed by atoms with Gasteiger partial charge in [0.15, 0.2) is 0 Å². The number of benzene rings is 4. The van der Waals surface area contributed by atoms with Crippen molar-refractivity contribution in [2.75, 3.05) is 13.2 Å². The van der Waals surface area contributed by atoms with Crippen molar-refractivity contribution in [1.29, 1.82) is 0 Å². The van der Waals surface area contributed by atoms with Crippen molar-refractivity contribution in [3.8, 4) is 22.6 Å². The number of esters is 2. The van der Waals surface area contributed by atoms with Crippen LogP contribution >= 0.6 is 0 Å². The Morgan fingerprint density at radius 2 is 1.06 bits per heavy atom. The Bertz CT molecular complexity index is 1690. The number of hydrogen-bond acceptors (Lipinski definition) is 6. The van der Waals surface area contributed by atoms with E-state index in [0.717, 1.165) is 46.6 Å². The molecule has 0 aromatic heterocycles. The highest BCUT2D eigenvalue weighted by molar-refractivity contribution is 5.86. The molecule has 0 spiro atoms. The number of aryl methyl sites for hydroxylation is 2. The van der Waals surface area contributed by atoms with Crippen LogP contribution in [0.15, 0.2) is 110 Å². The molecule has 0 N–H and O–H groups in total. The Balaban J connectivity index is 1.54. The first-order valence-electron chi connectivity index (χ1n) is 17.1. The van der Waals surface area contributed by atoms with Gasteiger partial charge in [0.1, 0.15) is 23.7 Å². The highest BCUT2D eigenvalue weighted by Crippen LogP contribution is 2.56. The molecule has 4 aromatic carbocycles. The second-order valence-electron chi connectivity index (χ2n) is 12.4. The predicted octanol–water partition coefficient (Wildman–Crippen LogP) is 8.95. The van der Waals surface area contributed by atoms with Gasteiger partial charge in [0.2, 0.25) is 0 Å². The maximum atomic E-state index is 11.6. The van der Waals surface area contributed by atoms with Gasteiger partial charge in [0, 0.05) is 25.0 Å². The van der Waals surface area contributed by atoms with Crippen molar-refractivity contribution >= 4 is 11.9 Å². The third-order valence-electron chi connectivity index (χ3n) is 9.23. The molecular weight excluding hydrogens is 612 g/mol. The molecule has 0 bridgehead atoms. The fourth-order valence-corrected chi connectivity index (χ4v) is 6.76. The lowest BCUT2D eigenvalue weighted by Gasteiger charge is -2.35. The first-order chi connectivity index (χ1) is 23.8. The Kier molecular flexibility index (Phi) is 11.4. The summed E-state index contributed by atoms with van der Waals surface area (Å²) in [6, 6.07) is 30.5. The van der Waals surface area contributed by atoms with Crippen molar-refractivity contribution in [2.45, 2.75) is 71.0 Å². The van der Waals surface area contributed by atoms with E-state index in [0.29, 0.717) is 26.1 Å². The molecule has 0 saturated carbocycles. The average Bonchev–Trinajstić information content (AvgIpc) is 3.42. The third-order valence-corrected chi connectivity index (χ3v) is 9.23. The van der Waals surface area contributed by atoms with Crippen molar-refractivity contribution in [2.24, 2.45) is 0 Å². The summed E-state index contributed by atoms with van der Waals surface area (Å²) in [4.78, 5) is 23.2. The van der Waals surface area contributed by atoms with E-state index in [2.05, 4.69) is 112 Å². The van der Waals surface area contributed by atoms with Crippen LogP contribution in [0.3, 0.4) is 0 Å². The minimum Gasteiger partial charge on any atom is -0.493 e. The van der Waals surface area contributed by atoms with E-state index in [9.17, 15) is 9.59 Å². The van der Waals surface area contributed by atoms with Gasteiger partial charge in [-0.1, -0.05) is 99.8 Å². The van der Waals surface area contributed by atoms with Crippen LogP contribution in [0.25, 0.3) is 11.1 Å². The molecule has 6 nitrogen and oxygen atoms in total. The Labute approximate surface area is 290 Å². The highest BCUT2D eigenvalue weighted by atomic mass is 16.5. The summed E-state index contributed by atoms with van der Waals surface area (Å²) in [5.74, 6) is 0.796. The van der Waals surface area contributed by atoms with E-state index >= 15 is 0 Å². The number of carbonyl (C=O) groups excluding carboxylic acids is 2. The molecule has 1 aliphatic carbocycles. The average molecular weight is 659 g/mol. The zero-order chi connectivity index (χ0) is 35.0. The first kappa shape index (κ1) is 35.2. The molecule has 0 amide bonds. The van der Waals surface area contributed by atoms with E-state index in [-0.39, 0.29) is 12.2 Å². The fourth-order valence-electron chi connectivity index (χ4n) is 6.76. The predicted molar refractivity (Wildman–Crippen MR) is 194 cm³/mol. The largest absolute Gasteiger partial charge is 0.493 e. The van der Waals surface area contributed by atoms with Gasteiger partial charge in [-0.3, -0.25) is 0 Å². The van der Waals surface area contributed by atoms with Crippen LogP contribution in [0.2, 0.25) is 0 Å². The SMILES string of the molecule is C=CC(=O)OC(C)CCOc1ccc(C2(c3ccc(OCCC(C)OC(=O)C=C)c(CC)c3)c3ccccc3-c3ccccc32)cc1CC. The van der Waals surface area contributed by atoms with E-state index < -0.39 is 17.4 Å². The van der Waals surface area contributed by atoms with Gasteiger partial charge in [-0.05, 0) is 83.3 Å². The summed E-state index contributed by atoms with van der Waals surface area (Å²) in [6.07, 6.45) is 4.53. The molecule has 4 aromatic rings. The van der Waals surface area contributed by atoms with Crippen molar-refractivity contribution in [3.63, 3.8) is 0 Å². The Hall–Kier alpha value is -5.10. The standard InChI is InChI=1S/C43H46O6/c1-7-31-27-33(19-21-39(31)46-25-23-29(5)48-41(44)9-3)43(37-17-13-11-15-35(37)36-16-12-14-18-38(36)43)34-20-22-40(32(8-2)28-34)47-26-24-30(6)49-42(45)10-4/h9-22,27-30H,3-4,7-8,23-26H2,1-2,5-6H3. The molecule has 0 heterocycles. The van der Waals surface area contributed by atoms with Gasteiger partial charge in [-0.15, -0.1) is 0 Å². The Morgan fingerprint density at radius 1 is 0.653 bits per heavy atom. The van der Waals surface area contributed by atoms with Crippen LogP contribution in [0.4, 0.5) is 0 Å². The summed E-state index contributed by atoms with van der Waals surface area (Å²) >= 11 is 0. The molecule has 0 aliphatic heterocycles. The molecule has 0 saturated heterocycles. The first-order valence-corrected chi connectivity index (χ1v) is 17.1. The summed E-state index contributed by atoms with van der Waals surface area (Å²) in [5.41, 5.74) is 8.89.